The molecule has 2 amide bonds. The van der Waals surface area contributed by atoms with Crippen LogP contribution in [0.3, 0.4) is 0 Å². The molecule has 0 bridgehead atoms. The van der Waals surface area contributed by atoms with Crippen molar-refractivity contribution < 1.29 is 22.8 Å². The van der Waals surface area contributed by atoms with Crippen LogP contribution in [0.2, 0.25) is 5.02 Å². The first-order valence-corrected chi connectivity index (χ1v) is 13.2. The van der Waals surface area contributed by atoms with Gasteiger partial charge in [-0.15, -0.1) is 5.10 Å². The second-order valence-corrected chi connectivity index (χ2v) is 11.5. The highest BCUT2D eigenvalue weighted by Crippen LogP contribution is 2.28. The maximum atomic E-state index is 13.7. The number of nitrogens with one attached hydrogen (secondary N) is 2. The third kappa shape index (κ3) is 6.78. The number of anilines is 1. The smallest absolute Gasteiger partial charge is 0.347 e. The summed E-state index contributed by atoms with van der Waals surface area (Å²) in [5, 5.41) is 17.3. The van der Waals surface area contributed by atoms with Crippen molar-refractivity contribution in [3.8, 4) is 5.82 Å². The first-order chi connectivity index (χ1) is 18.6. The first-order valence-electron chi connectivity index (χ1n) is 11.7. The fourth-order valence-electron chi connectivity index (χ4n) is 3.69. The normalized spacial score (nSPS) is 11.9. The molecular formula is C25H23ClF3IN8O2. The lowest BCUT2D eigenvalue weighted by Crippen LogP contribution is -2.41. The van der Waals surface area contributed by atoms with E-state index in [1.54, 1.807) is 25.1 Å². The number of pyridine rings is 1. The van der Waals surface area contributed by atoms with Gasteiger partial charge >= 0.3 is 6.18 Å². The minimum atomic E-state index is -4.66. The van der Waals surface area contributed by atoms with Gasteiger partial charge < -0.3 is 10.6 Å². The number of alkyl halides is 3. The fraction of sp³-hybridized carbons (Fsp3) is 0.280. The van der Waals surface area contributed by atoms with Crippen LogP contribution in [0.1, 0.15) is 58.6 Å². The zero-order chi connectivity index (χ0) is 29.4. The first kappa shape index (κ1) is 29.5. The van der Waals surface area contributed by atoms with Gasteiger partial charge in [0.05, 0.1) is 28.2 Å². The van der Waals surface area contributed by atoms with Gasteiger partial charge in [0.15, 0.2) is 11.5 Å². The molecule has 0 aliphatic carbocycles. The molecule has 2 N–H and O–H groups in total. The summed E-state index contributed by atoms with van der Waals surface area (Å²) in [7, 11) is 0. The van der Waals surface area contributed by atoms with Gasteiger partial charge in [-0.2, -0.15) is 28.2 Å². The molecule has 15 heteroatoms. The second kappa shape index (κ2) is 11.2. The van der Waals surface area contributed by atoms with Crippen LogP contribution in [0, 0.1) is 10.5 Å². The zero-order valence-electron chi connectivity index (χ0n) is 21.6. The molecule has 4 aromatic rings. The van der Waals surface area contributed by atoms with E-state index in [1.165, 1.54) is 16.9 Å². The van der Waals surface area contributed by atoms with Crippen LogP contribution in [0.25, 0.3) is 5.82 Å². The number of carbonyl (C=O) groups excluding carboxylic acids is 2. The van der Waals surface area contributed by atoms with Crippen LogP contribution < -0.4 is 10.6 Å². The topological polar surface area (TPSA) is 120 Å². The predicted molar refractivity (Wildman–Crippen MR) is 150 cm³/mol. The minimum Gasteiger partial charge on any atom is -0.347 e. The molecule has 40 heavy (non-hydrogen) atoms. The highest BCUT2D eigenvalue weighted by atomic mass is 127. The summed E-state index contributed by atoms with van der Waals surface area (Å²) in [6, 6.07) is 7.98. The Morgan fingerprint density at radius 2 is 1.82 bits per heavy atom. The van der Waals surface area contributed by atoms with Gasteiger partial charge in [-0.05, 0) is 86.2 Å². The predicted octanol–water partition coefficient (Wildman–Crippen LogP) is 5.27. The highest BCUT2D eigenvalue weighted by molar-refractivity contribution is 14.1. The second-order valence-electron chi connectivity index (χ2n) is 9.80. The van der Waals surface area contributed by atoms with Crippen molar-refractivity contribution in [2.75, 3.05) is 5.32 Å². The van der Waals surface area contributed by atoms with Crippen LogP contribution in [-0.2, 0) is 12.7 Å². The van der Waals surface area contributed by atoms with E-state index < -0.39 is 23.3 Å². The van der Waals surface area contributed by atoms with E-state index >= 15 is 0 Å². The van der Waals surface area contributed by atoms with Crippen LogP contribution in [0.5, 0.6) is 0 Å². The molecule has 4 rings (SSSR count). The van der Waals surface area contributed by atoms with Crippen molar-refractivity contribution in [1.29, 1.82) is 0 Å². The van der Waals surface area contributed by atoms with Crippen LogP contribution in [0.4, 0.5) is 18.9 Å². The molecular weight excluding hydrogens is 664 g/mol. The number of nitrogens with zero attached hydrogens (tertiary/aromatic N) is 6. The Bertz CT molecular complexity index is 1590. The molecule has 3 aromatic heterocycles. The van der Waals surface area contributed by atoms with Crippen molar-refractivity contribution >= 4 is 51.7 Å². The lowest BCUT2D eigenvalue weighted by Gasteiger charge is -2.22. The zero-order valence-corrected chi connectivity index (χ0v) is 24.6. The van der Waals surface area contributed by atoms with Crippen LogP contribution >= 0.6 is 34.2 Å². The van der Waals surface area contributed by atoms with E-state index in [2.05, 4.69) is 53.5 Å². The van der Waals surface area contributed by atoms with Gasteiger partial charge in [0.25, 0.3) is 11.8 Å². The summed E-state index contributed by atoms with van der Waals surface area (Å²) in [5.74, 6) is -0.911. The van der Waals surface area contributed by atoms with Gasteiger partial charge in [-0.1, -0.05) is 11.6 Å². The van der Waals surface area contributed by atoms with Crippen LogP contribution in [0.15, 0.2) is 42.7 Å². The Hall–Kier alpha value is -3.53. The molecule has 0 fully saturated rings. The molecule has 10 nitrogen and oxygen atoms in total. The largest absolute Gasteiger partial charge is 0.436 e. The monoisotopic (exact) mass is 686 g/mol. The van der Waals surface area contributed by atoms with Gasteiger partial charge in [0.1, 0.15) is 12.2 Å². The number of amides is 2. The van der Waals surface area contributed by atoms with E-state index in [0.717, 1.165) is 8.37 Å². The molecule has 0 spiro atoms. The number of benzene rings is 1. The molecule has 0 radical (unpaired) electrons. The van der Waals surface area contributed by atoms with E-state index in [9.17, 15) is 22.8 Å². The third-order valence-electron chi connectivity index (χ3n) is 5.33. The summed E-state index contributed by atoms with van der Waals surface area (Å²) >= 11 is 8.41. The Labute approximate surface area is 245 Å². The summed E-state index contributed by atoms with van der Waals surface area (Å²) in [5.41, 5.74) is -0.356. The van der Waals surface area contributed by atoms with Crippen LogP contribution in [-0.4, -0.2) is 47.1 Å². The maximum Gasteiger partial charge on any atom is 0.436 e. The molecule has 0 unspecified atom stereocenters. The van der Waals surface area contributed by atoms with Crippen molar-refractivity contribution in [2.45, 2.75) is 46.0 Å². The van der Waals surface area contributed by atoms with Gasteiger partial charge in [-0.3, -0.25) is 9.59 Å². The van der Waals surface area contributed by atoms with Gasteiger partial charge in [-0.25, -0.2) is 9.67 Å². The van der Waals surface area contributed by atoms with E-state index in [4.69, 9.17) is 11.6 Å². The SMILES string of the molecule is Cc1cc(I)cc(C(=O)NC(C)(C)C)c1NC(=O)c1cc(Cn2ncc(C(F)(F)F)n2)nn1-c1ncccc1Cl. The fourth-order valence-corrected chi connectivity index (χ4v) is 4.67. The van der Waals surface area contributed by atoms with E-state index in [-0.39, 0.29) is 45.9 Å². The average Bonchev–Trinajstić information content (AvgIpc) is 3.47. The summed E-state index contributed by atoms with van der Waals surface area (Å²) < 4.78 is 40.9. The number of hydrogen-bond donors (Lipinski definition) is 2. The third-order valence-corrected chi connectivity index (χ3v) is 6.25. The molecule has 0 aliphatic heterocycles. The Kier molecular flexibility index (Phi) is 8.21. The number of hydrogen-bond acceptors (Lipinski definition) is 6. The Balaban J connectivity index is 1.74. The molecule has 1 aromatic carbocycles. The molecule has 3 heterocycles. The summed E-state index contributed by atoms with van der Waals surface area (Å²) in [6.07, 6.45) is -2.61. The number of carbonyl (C=O) groups is 2. The van der Waals surface area contributed by atoms with E-state index in [1.807, 2.05) is 26.8 Å². The maximum absolute atomic E-state index is 13.7. The quantitative estimate of drug-likeness (QED) is 0.267. The molecule has 0 saturated heterocycles. The Morgan fingerprint density at radius 1 is 1.10 bits per heavy atom. The number of aromatic nitrogens is 6. The van der Waals surface area contributed by atoms with Crippen molar-refractivity contribution in [3.63, 3.8) is 0 Å². The van der Waals surface area contributed by atoms with E-state index in [0.29, 0.717) is 11.8 Å². The highest BCUT2D eigenvalue weighted by Gasteiger charge is 2.34. The average molecular weight is 687 g/mol. The number of halogens is 5. The lowest BCUT2D eigenvalue weighted by atomic mass is 10.0. The molecule has 0 atom stereocenters. The van der Waals surface area contributed by atoms with Crippen molar-refractivity contribution in [3.05, 3.63) is 79.5 Å². The lowest BCUT2D eigenvalue weighted by molar-refractivity contribution is -0.141. The summed E-state index contributed by atoms with van der Waals surface area (Å²) in [4.78, 5) is 31.8. The minimum absolute atomic E-state index is 0.0288. The number of aryl methyl sites for hydroxylation is 1. The molecule has 210 valence electrons. The van der Waals surface area contributed by atoms with Crippen molar-refractivity contribution in [2.24, 2.45) is 0 Å². The van der Waals surface area contributed by atoms with Crippen molar-refractivity contribution in [1.82, 2.24) is 35.1 Å². The standard InChI is InChI=1S/C25H23ClF3IN8O2/c1-13-8-14(30)9-16(22(39)34-24(2,3)4)20(13)33-23(40)18-10-15(12-37-32-11-19(36-37)25(27,28)29)35-38(18)21-17(26)6-5-7-31-21/h5-11H,12H2,1-4H3,(H,33,40)(H,34,39). The summed E-state index contributed by atoms with van der Waals surface area (Å²) in [6.45, 7) is 7.01. The molecule has 0 aliphatic rings. The van der Waals surface area contributed by atoms with Gasteiger partial charge in [0, 0.05) is 15.3 Å². The molecule has 0 saturated carbocycles. The Morgan fingerprint density at radius 3 is 2.45 bits per heavy atom. The van der Waals surface area contributed by atoms with Gasteiger partial charge in [0.2, 0.25) is 0 Å². The number of rotatable bonds is 6.